The molecule has 1 aromatic rings. The lowest BCUT2D eigenvalue weighted by Crippen LogP contribution is -2.49. The van der Waals surface area contributed by atoms with E-state index < -0.39 is 20.5 Å². The van der Waals surface area contributed by atoms with E-state index in [-0.39, 0.29) is 17.7 Å². The molecule has 1 amide bonds. The number of amides is 1. The van der Waals surface area contributed by atoms with Gasteiger partial charge in [0.1, 0.15) is 18.9 Å². The minimum absolute atomic E-state index is 0.0572. The van der Waals surface area contributed by atoms with Crippen LogP contribution in [0.15, 0.2) is 30.3 Å². The molecule has 25 heavy (non-hydrogen) atoms. The summed E-state index contributed by atoms with van der Waals surface area (Å²) < 4.78 is 11.7. The Hall–Kier alpha value is -1.66. The predicted molar refractivity (Wildman–Crippen MR) is 99.9 cm³/mol. The van der Waals surface area contributed by atoms with Gasteiger partial charge >= 0.3 is 6.09 Å². The molecule has 6 heteroatoms. The molecule has 0 saturated carbocycles. The van der Waals surface area contributed by atoms with Crippen molar-refractivity contribution >= 4 is 20.7 Å². The van der Waals surface area contributed by atoms with Crippen molar-refractivity contribution < 1.29 is 18.8 Å². The first kappa shape index (κ1) is 19.7. The maximum absolute atomic E-state index is 12.4. The molecular weight excluding hydrogens is 334 g/mol. The van der Waals surface area contributed by atoms with Crippen LogP contribution < -0.4 is 0 Å². The fraction of sp³-hybridized carbons (Fsp3) is 0.579. The van der Waals surface area contributed by atoms with Crippen LogP contribution in [0.4, 0.5) is 4.79 Å². The van der Waals surface area contributed by atoms with Crippen LogP contribution in [0, 0.1) is 0 Å². The van der Waals surface area contributed by atoms with Gasteiger partial charge in [-0.25, -0.2) is 4.79 Å². The predicted octanol–water partition coefficient (Wildman–Crippen LogP) is 3.99. The number of hydrogen-bond acceptors (Lipinski definition) is 4. The quantitative estimate of drug-likeness (QED) is 0.586. The van der Waals surface area contributed by atoms with E-state index in [1.54, 1.807) is 0 Å². The second-order valence-electron chi connectivity index (χ2n) is 8.07. The molecule has 1 saturated heterocycles. The van der Waals surface area contributed by atoms with Crippen molar-refractivity contribution in [3.8, 4) is 0 Å². The van der Waals surface area contributed by atoms with E-state index in [1.807, 2.05) is 30.3 Å². The van der Waals surface area contributed by atoms with Gasteiger partial charge in [0.2, 0.25) is 0 Å². The Morgan fingerprint density at radius 3 is 2.48 bits per heavy atom. The minimum atomic E-state index is -2.00. The van der Waals surface area contributed by atoms with Crippen LogP contribution in [0.5, 0.6) is 0 Å². The minimum Gasteiger partial charge on any atom is -0.445 e. The summed E-state index contributed by atoms with van der Waals surface area (Å²) in [5.41, 5.74) is 0.923. The summed E-state index contributed by atoms with van der Waals surface area (Å²) in [6.45, 7) is 11.5. The number of carbonyl (C=O) groups is 2. The molecule has 0 N–H and O–H groups in total. The van der Waals surface area contributed by atoms with Crippen molar-refractivity contribution in [2.45, 2.75) is 64.1 Å². The molecule has 0 radical (unpaired) electrons. The van der Waals surface area contributed by atoms with Gasteiger partial charge < -0.3 is 14.0 Å². The zero-order valence-corrected chi connectivity index (χ0v) is 16.8. The topological polar surface area (TPSA) is 55.8 Å². The molecule has 5 nitrogen and oxygen atoms in total. The number of ether oxygens (including phenoxy) is 1. The molecule has 1 fully saturated rings. The van der Waals surface area contributed by atoms with Crippen molar-refractivity contribution in [2.75, 3.05) is 6.54 Å². The van der Waals surface area contributed by atoms with Gasteiger partial charge in [0.25, 0.3) is 0 Å². The molecule has 138 valence electrons. The second kappa shape index (κ2) is 7.70. The Labute approximate surface area is 151 Å². The summed E-state index contributed by atoms with van der Waals surface area (Å²) in [5, 5.41) is 0.0572. The molecule has 0 spiro atoms. The van der Waals surface area contributed by atoms with Crippen LogP contribution >= 0.6 is 0 Å². The van der Waals surface area contributed by atoms with Gasteiger partial charge in [-0.05, 0) is 30.1 Å². The fourth-order valence-corrected chi connectivity index (χ4v) is 4.01. The van der Waals surface area contributed by atoms with Gasteiger partial charge in [0, 0.05) is 6.54 Å². The summed E-state index contributed by atoms with van der Waals surface area (Å²) in [5.74, 6) is 0. The van der Waals surface area contributed by atoms with Gasteiger partial charge in [0.15, 0.2) is 8.32 Å². The van der Waals surface area contributed by atoms with E-state index in [9.17, 15) is 9.59 Å². The van der Waals surface area contributed by atoms with Crippen LogP contribution in [0.3, 0.4) is 0 Å². The monoisotopic (exact) mass is 363 g/mol. The number of rotatable bonds is 5. The summed E-state index contributed by atoms with van der Waals surface area (Å²) in [4.78, 5) is 25.5. The first-order valence-corrected chi connectivity index (χ1v) is 11.7. The van der Waals surface area contributed by atoms with Crippen molar-refractivity contribution in [2.24, 2.45) is 0 Å². The van der Waals surface area contributed by atoms with Crippen LogP contribution in [-0.4, -0.2) is 44.3 Å². The Bertz CT molecular complexity index is 597. The molecule has 1 aromatic carbocycles. The smallest absolute Gasteiger partial charge is 0.410 e. The van der Waals surface area contributed by atoms with E-state index in [0.717, 1.165) is 11.8 Å². The van der Waals surface area contributed by atoms with Crippen molar-refractivity contribution in [1.82, 2.24) is 4.90 Å². The summed E-state index contributed by atoms with van der Waals surface area (Å²) >= 11 is 0. The van der Waals surface area contributed by atoms with Crippen LogP contribution in [0.2, 0.25) is 18.1 Å². The summed E-state index contributed by atoms with van der Waals surface area (Å²) in [6, 6.07) is 8.94. The molecule has 1 aliphatic heterocycles. The molecule has 0 aromatic heterocycles. The maximum Gasteiger partial charge on any atom is 0.410 e. The molecule has 0 unspecified atom stereocenters. The second-order valence-corrected chi connectivity index (χ2v) is 12.8. The Morgan fingerprint density at radius 2 is 1.92 bits per heavy atom. The normalized spacial score (nSPS) is 21.2. The van der Waals surface area contributed by atoms with Crippen LogP contribution in [0.1, 0.15) is 32.8 Å². The zero-order chi connectivity index (χ0) is 18.7. The molecule has 1 aliphatic rings. The molecular formula is C19H29NO4Si. The van der Waals surface area contributed by atoms with E-state index in [0.29, 0.717) is 13.0 Å². The lowest BCUT2D eigenvalue weighted by molar-refractivity contribution is -0.113. The van der Waals surface area contributed by atoms with Crippen LogP contribution in [-0.2, 0) is 20.6 Å². The maximum atomic E-state index is 12.4. The number of hydrogen-bond donors (Lipinski definition) is 0. The van der Waals surface area contributed by atoms with E-state index in [4.69, 9.17) is 9.16 Å². The largest absolute Gasteiger partial charge is 0.445 e. The third-order valence-corrected chi connectivity index (χ3v) is 9.73. The molecule has 0 aliphatic carbocycles. The van der Waals surface area contributed by atoms with Gasteiger partial charge in [-0.15, -0.1) is 0 Å². The third-order valence-electron chi connectivity index (χ3n) is 5.23. The Balaban J connectivity index is 1.98. The highest BCUT2D eigenvalue weighted by atomic mass is 28.4. The van der Waals surface area contributed by atoms with E-state index >= 15 is 0 Å². The molecule has 1 heterocycles. The lowest BCUT2D eigenvalue weighted by atomic mass is 10.2. The zero-order valence-electron chi connectivity index (χ0n) is 15.8. The average Bonchev–Trinajstić information content (AvgIpc) is 2.94. The number of carbonyl (C=O) groups excluding carboxylic acids is 2. The summed E-state index contributed by atoms with van der Waals surface area (Å²) in [7, 11) is -2.00. The van der Waals surface area contributed by atoms with Gasteiger partial charge in [-0.3, -0.25) is 4.90 Å². The van der Waals surface area contributed by atoms with Gasteiger partial charge in [-0.1, -0.05) is 51.1 Å². The summed E-state index contributed by atoms with van der Waals surface area (Å²) in [6.07, 6.45) is 0.773. The first-order valence-electron chi connectivity index (χ1n) is 8.76. The number of aldehydes is 1. The highest BCUT2D eigenvalue weighted by Crippen LogP contribution is 2.39. The lowest BCUT2D eigenvalue weighted by Gasteiger charge is -2.39. The Kier molecular flexibility index (Phi) is 6.06. The highest BCUT2D eigenvalue weighted by Gasteiger charge is 2.45. The standard InChI is InChI=1S/C19H29NO4Si/c1-19(2,3)25(4,5)24-17-11-12-20(16(17)13-21)18(22)23-14-15-9-7-6-8-10-15/h6-10,13,16-17H,11-12,14H2,1-5H3/t16-,17-/m1/s1. The average molecular weight is 364 g/mol. The van der Waals surface area contributed by atoms with Crippen molar-refractivity contribution in [1.29, 1.82) is 0 Å². The van der Waals surface area contributed by atoms with Crippen LogP contribution in [0.25, 0.3) is 0 Å². The highest BCUT2D eigenvalue weighted by molar-refractivity contribution is 6.74. The SMILES string of the molecule is CC(C)(C)[Si](C)(C)O[C@@H]1CCN(C(=O)OCc2ccccc2)[C@@H]1C=O. The van der Waals surface area contributed by atoms with Gasteiger partial charge in [-0.2, -0.15) is 0 Å². The Morgan fingerprint density at radius 1 is 1.28 bits per heavy atom. The molecule has 0 bridgehead atoms. The van der Waals surface area contributed by atoms with Gasteiger partial charge in [0.05, 0.1) is 6.10 Å². The van der Waals surface area contributed by atoms with E-state index in [2.05, 4.69) is 33.9 Å². The third kappa shape index (κ3) is 4.70. The first-order chi connectivity index (χ1) is 11.7. The molecule has 2 atom stereocenters. The number of benzene rings is 1. The van der Waals surface area contributed by atoms with E-state index in [1.165, 1.54) is 4.90 Å². The fourth-order valence-electron chi connectivity index (χ4n) is 2.65. The van der Waals surface area contributed by atoms with Crippen molar-refractivity contribution in [3.63, 3.8) is 0 Å². The van der Waals surface area contributed by atoms with Crippen molar-refractivity contribution in [3.05, 3.63) is 35.9 Å². The molecule has 2 rings (SSSR count). The number of likely N-dealkylation sites (tertiary alicyclic amines) is 1. The number of nitrogens with zero attached hydrogens (tertiary/aromatic N) is 1.